The van der Waals surface area contributed by atoms with Gasteiger partial charge in [0, 0.05) is 0 Å². The van der Waals surface area contributed by atoms with Crippen molar-refractivity contribution in [3.63, 3.8) is 0 Å². The van der Waals surface area contributed by atoms with Crippen LogP contribution < -0.4 is 5.46 Å². The molecule has 0 saturated carbocycles. The number of hydrogen-bond acceptors (Lipinski definition) is 1. The molecule has 60 valence electrons. The van der Waals surface area contributed by atoms with Crippen LogP contribution in [0.15, 0.2) is 21.5 Å². The van der Waals surface area contributed by atoms with E-state index in [2.05, 4.69) is 39.9 Å². The molecule has 0 bridgehead atoms. The Balaban J connectivity index is 2.59. The van der Waals surface area contributed by atoms with Crippen LogP contribution in [0.4, 0.5) is 0 Å². The van der Waals surface area contributed by atoms with E-state index in [0.29, 0.717) is 0 Å². The van der Waals surface area contributed by atoms with Crippen LogP contribution in [0.1, 0.15) is 18.1 Å². The number of benzene rings is 1. The molecule has 0 aliphatic carbocycles. The molecule has 0 amide bonds. The normalized spacial score (nSPS) is 12.8. The summed E-state index contributed by atoms with van der Waals surface area (Å²) in [4.78, 5) is 4.26. The fraction of sp³-hybridized carbons (Fsp3) is 0.333. The second-order valence-electron chi connectivity index (χ2n) is 2.96. The average Bonchev–Trinajstić information content (AvgIpc) is 2.50. The fourth-order valence-electron chi connectivity index (χ4n) is 1.58. The molecule has 0 radical (unpaired) electrons. The summed E-state index contributed by atoms with van der Waals surface area (Å²) in [5, 5.41) is 0. The number of rotatable bonds is 1. The maximum atomic E-state index is 4.26. The molecule has 0 unspecified atom stereocenters. The standard InChI is InChI=1S/C9H9BBrN/c1-2-6-3-7(11)4-9-8(6)5-12-10-9/h3-4H,2,5H2,1H3. The molecule has 1 aliphatic rings. The third-order valence-corrected chi connectivity index (χ3v) is 2.66. The molecule has 0 spiro atoms. The van der Waals surface area contributed by atoms with Crippen LogP contribution in [-0.4, -0.2) is 7.07 Å². The molecule has 0 saturated heterocycles. The molecular weight excluding hydrogens is 213 g/mol. The summed E-state index contributed by atoms with van der Waals surface area (Å²) < 4.78 is 1.16. The van der Waals surface area contributed by atoms with E-state index in [1.165, 1.54) is 16.6 Å². The molecule has 1 aliphatic heterocycles. The minimum atomic E-state index is 0.867. The van der Waals surface area contributed by atoms with E-state index in [-0.39, 0.29) is 0 Å². The predicted molar refractivity (Wildman–Crippen MR) is 55.0 cm³/mol. The topological polar surface area (TPSA) is 12.4 Å². The van der Waals surface area contributed by atoms with Crippen LogP contribution in [0.2, 0.25) is 0 Å². The van der Waals surface area contributed by atoms with E-state index in [1.807, 2.05) is 7.07 Å². The monoisotopic (exact) mass is 221 g/mol. The number of nitrogens with zero attached hydrogens (tertiary/aromatic N) is 1. The van der Waals surface area contributed by atoms with Crippen molar-refractivity contribution in [2.24, 2.45) is 4.90 Å². The number of aryl methyl sites for hydroxylation is 1. The van der Waals surface area contributed by atoms with Crippen LogP contribution in [0, 0.1) is 0 Å². The molecule has 0 fully saturated rings. The van der Waals surface area contributed by atoms with Crippen molar-refractivity contribution in [2.45, 2.75) is 19.9 Å². The van der Waals surface area contributed by atoms with Gasteiger partial charge in [-0.25, -0.2) is 0 Å². The van der Waals surface area contributed by atoms with Gasteiger partial charge in [-0.05, 0) is 0 Å². The molecule has 0 N–H and O–H groups in total. The third-order valence-electron chi connectivity index (χ3n) is 2.20. The molecule has 1 aromatic carbocycles. The molecule has 12 heavy (non-hydrogen) atoms. The Bertz CT molecular complexity index is 347. The zero-order chi connectivity index (χ0) is 8.55. The second kappa shape index (κ2) is 3.13. The molecule has 0 atom stereocenters. The molecule has 0 aromatic heterocycles. The van der Waals surface area contributed by atoms with Crippen molar-refractivity contribution in [1.82, 2.24) is 0 Å². The maximum absolute atomic E-state index is 4.26. The van der Waals surface area contributed by atoms with E-state index in [4.69, 9.17) is 0 Å². The quantitative estimate of drug-likeness (QED) is 0.644. The summed E-state index contributed by atoms with van der Waals surface area (Å²) in [5.41, 5.74) is 4.10. The fourth-order valence-corrected chi connectivity index (χ4v) is 2.10. The van der Waals surface area contributed by atoms with Crippen molar-refractivity contribution in [1.29, 1.82) is 0 Å². The third kappa shape index (κ3) is 1.26. The summed E-state index contributed by atoms with van der Waals surface area (Å²) in [6.07, 6.45) is 1.09. The van der Waals surface area contributed by atoms with Crippen LogP contribution in [0.3, 0.4) is 0 Å². The van der Waals surface area contributed by atoms with Crippen molar-refractivity contribution in [3.8, 4) is 0 Å². The first-order valence-electron chi connectivity index (χ1n) is 4.12. The zero-order valence-corrected chi connectivity index (χ0v) is 8.56. The van der Waals surface area contributed by atoms with Crippen molar-refractivity contribution >= 4 is 28.5 Å². The van der Waals surface area contributed by atoms with E-state index in [1.54, 1.807) is 0 Å². The van der Waals surface area contributed by atoms with Gasteiger partial charge in [0.05, 0.1) is 0 Å². The van der Waals surface area contributed by atoms with Crippen LogP contribution in [0.5, 0.6) is 0 Å². The molecule has 1 nitrogen and oxygen atoms in total. The van der Waals surface area contributed by atoms with E-state index in [0.717, 1.165) is 17.4 Å². The van der Waals surface area contributed by atoms with E-state index >= 15 is 0 Å². The number of hydrogen-bond donors (Lipinski definition) is 0. The van der Waals surface area contributed by atoms with Gasteiger partial charge in [0.25, 0.3) is 0 Å². The van der Waals surface area contributed by atoms with Gasteiger partial charge in [-0.3, -0.25) is 0 Å². The Morgan fingerprint density at radius 2 is 2.42 bits per heavy atom. The van der Waals surface area contributed by atoms with Gasteiger partial charge in [0.1, 0.15) is 0 Å². The second-order valence-corrected chi connectivity index (χ2v) is 3.87. The Labute approximate surface area is 81.3 Å². The summed E-state index contributed by atoms with van der Waals surface area (Å²) in [6, 6.07) is 4.32. The van der Waals surface area contributed by atoms with Gasteiger partial charge in [-0.1, -0.05) is 0 Å². The Morgan fingerprint density at radius 1 is 1.58 bits per heavy atom. The van der Waals surface area contributed by atoms with Gasteiger partial charge in [0.2, 0.25) is 0 Å². The van der Waals surface area contributed by atoms with Gasteiger partial charge in [-0.2, -0.15) is 0 Å². The predicted octanol–water partition coefficient (Wildman–Crippen LogP) is 2.04. The van der Waals surface area contributed by atoms with Gasteiger partial charge in [-0.15, -0.1) is 0 Å². The number of fused-ring (bicyclic) bond motifs is 1. The van der Waals surface area contributed by atoms with Crippen molar-refractivity contribution < 1.29 is 0 Å². The van der Waals surface area contributed by atoms with Gasteiger partial charge in [0.15, 0.2) is 0 Å². The van der Waals surface area contributed by atoms with Crippen LogP contribution in [0.25, 0.3) is 0 Å². The molecule has 3 heteroatoms. The van der Waals surface area contributed by atoms with E-state index in [9.17, 15) is 0 Å². The summed E-state index contributed by atoms with van der Waals surface area (Å²) >= 11 is 3.49. The van der Waals surface area contributed by atoms with Gasteiger partial charge >= 0.3 is 81.0 Å². The zero-order valence-electron chi connectivity index (χ0n) is 6.97. The van der Waals surface area contributed by atoms with Crippen LogP contribution >= 0.6 is 15.9 Å². The van der Waals surface area contributed by atoms with Crippen LogP contribution in [-0.2, 0) is 13.0 Å². The first-order valence-corrected chi connectivity index (χ1v) is 4.91. The molecule has 1 heterocycles. The first-order chi connectivity index (χ1) is 5.81. The summed E-state index contributed by atoms with van der Waals surface area (Å²) in [7, 11) is 1.96. The van der Waals surface area contributed by atoms with Gasteiger partial charge < -0.3 is 0 Å². The minimum absolute atomic E-state index is 0.867. The summed E-state index contributed by atoms with van der Waals surface area (Å²) in [5.74, 6) is 0. The van der Waals surface area contributed by atoms with Crippen molar-refractivity contribution in [3.05, 3.63) is 27.7 Å². The Kier molecular flexibility index (Phi) is 2.13. The Morgan fingerprint density at radius 3 is 3.17 bits per heavy atom. The summed E-state index contributed by atoms with van der Waals surface area (Å²) in [6.45, 7) is 3.05. The SMILES string of the molecule is CCc1cc(Br)cc2c1CN=B2. The van der Waals surface area contributed by atoms with Crippen molar-refractivity contribution in [2.75, 3.05) is 0 Å². The average molecular weight is 222 g/mol. The molecule has 1 aromatic rings. The molecule has 2 rings (SSSR count). The van der Waals surface area contributed by atoms with E-state index < -0.39 is 0 Å². The first kappa shape index (κ1) is 8.18. The number of halogens is 1. The Hall–Kier alpha value is -0.435. The molecular formula is C9H9BBrN.